The molecular formula is C16H21NO3. The van der Waals surface area contributed by atoms with E-state index in [9.17, 15) is 4.79 Å². The first-order chi connectivity index (χ1) is 9.60. The van der Waals surface area contributed by atoms with Gasteiger partial charge in [0, 0.05) is 5.39 Å². The Kier molecular flexibility index (Phi) is 4.79. The molecule has 0 aliphatic rings. The molecule has 0 fully saturated rings. The van der Waals surface area contributed by atoms with E-state index in [4.69, 9.17) is 9.15 Å². The molecule has 0 amide bonds. The number of fused-ring (bicyclic) bond motifs is 1. The number of hydrogen-bond donors (Lipinski definition) is 1. The van der Waals surface area contributed by atoms with Gasteiger partial charge < -0.3 is 9.15 Å². The Bertz CT molecular complexity index is 541. The zero-order valence-corrected chi connectivity index (χ0v) is 12.2. The number of carbonyl (C=O) groups excluding carboxylic acids is 1. The van der Waals surface area contributed by atoms with Gasteiger partial charge in [-0.05, 0) is 24.5 Å². The summed E-state index contributed by atoms with van der Waals surface area (Å²) < 4.78 is 10.6. The third kappa shape index (κ3) is 3.61. The van der Waals surface area contributed by atoms with Crippen molar-refractivity contribution in [1.82, 2.24) is 5.32 Å². The van der Waals surface area contributed by atoms with Crippen molar-refractivity contribution in [3.63, 3.8) is 0 Å². The summed E-state index contributed by atoms with van der Waals surface area (Å²) in [4.78, 5) is 11.7. The van der Waals surface area contributed by atoms with E-state index in [2.05, 4.69) is 19.2 Å². The van der Waals surface area contributed by atoms with Crippen LogP contribution in [0.15, 0.2) is 34.7 Å². The Morgan fingerprint density at radius 3 is 2.75 bits per heavy atom. The highest BCUT2D eigenvalue weighted by atomic mass is 16.5. The van der Waals surface area contributed by atoms with E-state index in [1.807, 2.05) is 30.3 Å². The van der Waals surface area contributed by atoms with E-state index in [-0.39, 0.29) is 12.0 Å². The molecule has 2 aromatic rings. The number of esters is 1. The van der Waals surface area contributed by atoms with Crippen molar-refractivity contribution in [2.24, 2.45) is 5.92 Å². The lowest BCUT2D eigenvalue weighted by molar-refractivity contribution is -0.143. The Morgan fingerprint density at radius 1 is 1.35 bits per heavy atom. The van der Waals surface area contributed by atoms with Crippen LogP contribution in [0.3, 0.4) is 0 Å². The number of furan rings is 1. The molecule has 0 spiro atoms. The minimum Gasteiger partial charge on any atom is -0.468 e. The van der Waals surface area contributed by atoms with Gasteiger partial charge in [0.05, 0.1) is 13.7 Å². The van der Waals surface area contributed by atoms with Gasteiger partial charge in [-0.1, -0.05) is 32.0 Å². The molecule has 0 saturated heterocycles. The summed E-state index contributed by atoms with van der Waals surface area (Å²) in [5.74, 6) is 1.01. The number of hydrogen-bond acceptors (Lipinski definition) is 4. The molecule has 4 heteroatoms. The van der Waals surface area contributed by atoms with Crippen LogP contribution in [0.1, 0.15) is 26.0 Å². The van der Waals surface area contributed by atoms with Gasteiger partial charge in [0.2, 0.25) is 0 Å². The molecule has 4 nitrogen and oxygen atoms in total. The predicted molar refractivity (Wildman–Crippen MR) is 78.3 cm³/mol. The van der Waals surface area contributed by atoms with E-state index in [0.29, 0.717) is 12.5 Å². The van der Waals surface area contributed by atoms with Crippen LogP contribution < -0.4 is 5.32 Å². The van der Waals surface area contributed by atoms with Crippen molar-refractivity contribution in [1.29, 1.82) is 0 Å². The largest absolute Gasteiger partial charge is 0.468 e. The molecule has 1 N–H and O–H groups in total. The van der Waals surface area contributed by atoms with Crippen molar-refractivity contribution >= 4 is 16.9 Å². The van der Waals surface area contributed by atoms with Gasteiger partial charge in [0.1, 0.15) is 17.4 Å². The standard InChI is InChI=1S/C16H21NO3/c1-11(2)8-14(16(18)19-3)17-10-13-9-12-6-4-5-7-15(12)20-13/h4-7,9,11,14,17H,8,10H2,1-3H3. The van der Waals surface area contributed by atoms with Crippen LogP contribution in [0, 0.1) is 5.92 Å². The molecule has 0 saturated carbocycles. The van der Waals surface area contributed by atoms with E-state index < -0.39 is 0 Å². The van der Waals surface area contributed by atoms with Gasteiger partial charge in [-0.25, -0.2) is 0 Å². The molecule has 0 bridgehead atoms. The van der Waals surface area contributed by atoms with Crippen LogP contribution in [-0.4, -0.2) is 19.1 Å². The second-order valence-corrected chi connectivity index (χ2v) is 5.34. The zero-order chi connectivity index (χ0) is 14.5. The monoisotopic (exact) mass is 275 g/mol. The van der Waals surface area contributed by atoms with Crippen molar-refractivity contribution < 1.29 is 13.9 Å². The fourth-order valence-electron chi connectivity index (χ4n) is 2.22. The van der Waals surface area contributed by atoms with Crippen LogP contribution in [0.25, 0.3) is 11.0 Å². The molecular weight excluding hydrogens is 254 g/mol. The molecule has 0 aliphatic carbocycles. The van der Waals surface area contributed by atoms with E-state index in [1.54, 1.807) is 0 Å². The highest BCUT2D eigenvalue weighted by Crippen LogP contribution is 2.19. The number of methoxy groups -OCH3 is 1. The van der Waals surface area contributed by atoms with Gasteiger partial charge in [0.25, 0.3) is 0 Å². The molecule has 1 heterocycles. The minimum absolute atomic E-state index is 0.227. The minimum atomic E-state index is -0.298. The fraction of sp³-hybridized carbons (Fsp3) is 0.438. The van der Waals surface area contributed by atoms with E-state index >= 15 is 0 Å². The molecule has 108 valence electrons. The summed E-state index contributed by atoms with van der Waals surface area (Å²) in [7, 11) is 1.42. The second-order valence-electron chi connectivity index (χ2n) is 5.34. The summed E-state index contributed by atoms with van der Waals surface area (Å²) in [6.07, 6.45) is 0.743. The first-order valence-electron chi connectivity index (χ1n) is 6.89. The molecule has 1 unspecified atom stereocenters. The molecule has 0 radical (unpaired) electrons. The van der Waals surface area contributed by atoms with Gasteiger partial charge >= 0.3 is 5.97 Å². The third-order valence-electron chi connectivity index (χ3n) is 3.19. The highest BCUT2D eigenvalue weighted by Gasteiger charge is 2.20. The fourth-order valence-corrected chi connectivity index (χ4v) is 2.22. The van der Waals surface area contributed by atoms with E-state index in [1.165, 1.54) is 7.11 Å². The van der Waals surface area contributed by atoms with Crippen LogP contribution in [0.4, 0.5) is 0 Å². The lowest BCUT2D eigenvalue weighted by atomic mass is 10.0. The van der Waals surface area contributed by atoms with Gasteiger partial charge in [-0.2, -0.15) is 0 Å². The quantitative estimate of drug-likeness (QED) is 0.823. The summed E-state index contributed by atoms with van der Waals surface area (Å²) in [6.45, 7) is 4.68. The normalized spacial score (nSPS) is 12.8. The Morgan fingerprint density at radius 2 is 2.10 bits per heavy atom. The van der Waals surface area contributed by atoms with Crippen LogP contribution >= 0.6 is 0 Å². The summed E-state index contributed by atoms with van der Waals surface area (Å²) in [5, 5.41) is 4.28. The maximum absolute atomic E-state index is 11.7. The summed E-state index contributed by atoms with van der Waals surface area (Å²) >= 11 is 0. The number of nitrogens with one attached hydrogen (secondary N) is 1. The SMILES string of the molecule is COC(=O)C(CC(C)C)NCc1cc2ccccc2o1. The number of rotatable bonds is 6. The lowest BCUT2D eigenvalue weighted by Gasteiger charge is -2.17. The maximum atomic E-state index is 11.7. The van der Waals surface area contributed by atoms with Crippen LogP contribution in [0.5, 0.6) is 0 Å². The molecule has 20 heavy (non-hydrogen) atoms. The Labute approximate surface area is 119 Å². The van der Waals surface area contributed by atoms with Gasteiger partial charge in [-0.3, -0.25) is 10.1 Å². The maximum Gasteiger partial charge on any atom is 0.322 e. The first kappa shape index (κ1) is 14.6. The summed E-state index contributed by atoms with van der Waals surface area (Å²) in [6, 6.07) is 9.56. The number of benzene rings is 1. The Hall–Kier alpha value is -1.81. The first-order valence-corrected chi connectivity index (χ1v) is 6.89. The topological polar surface area (TPSA) is 51.5 Å². The third-order valence-corrected chi connectivity index (χ3v) is 3.19. The number of para-hydroxylation sites is 1. The van der Waals surface area contributed by atoms with Crippen LogP contribution in [0.2, 0.25) is 0 Å². The van der Waals surface area contributed by atoms with Crippen LogP contribution in [-0.2, 0) is 16.1 Å². The molecule has 1 aromatic carbocycles. The lowest BCUT2D eigenvalue weighted by Crippen LogP contribution is -2.38. The highest BCUT2D eigenvalue weighted by molar-refractivity contribution is 5.78. The number of carbonyl (C=O) groups is 1. The Balaban J connectivity index is 2.02. The van der Waals surface area contributed by atoms with Crippen molar-refractivity contribution in [2.45, 2.75) is 32.9 Å². The van der Waals surface area contributed by atoms with Gasteiger partial charge in [0.15, 0.2) is 0 Å². The summed E-state index contributed by atoms with van der Waals surface area (Å²) in [5.41, 5.74) is 0.864. The van der Waals surface area contributed by atoms with Crippen molar-refractivity contribution in [3.05, 3.63) is 36.1 Å². The molecule has 1 atom stereocenters. The van der Waals surface area contributed by atoms with Gasteiger partial charge in [-0.15, -0.1) is 0 Å². The van der Waals surface area contributed by atoms with E-state index in [0.717, 1.165) is 23.2 Å². The second kappa shape index (κ2) is 6.57. The average Bonchev–Trinajstić information content (AvgIpc) is 2.84. The molecule has 2 rings (SSSR count). The van der Waals surface area contributed by atoms with Crippen molar-refractivity contribution in [2.75, 3.05) is 7.11 Å². The van der Waals surface area contributed by atoms with Crippen molar-refractivity contribution in [3.8, 4) is 0 Å². The average molecular weight is 275 g/mol. The molecule has 1 aromatic heterocycles. The zero-order valence-electron chi connectivity index (χ0n) is 12.2. The number of ether oxygens (including phenoxy) is 1. The smallest absolute Gasteiger partial charge is 0.322 e. The predicted octanol–water partition coefficient (Wildman–Crippen LogP) is 3.11. The molecule has 0 aliphatic heterocycles.